The van der Waals surface area contributed by atoms with Crippen LogP contribution in [0.5, 0.6) is 0 Å². The van der Waals surface area contributed by atoms with E-state index < -0.39 is 0 Å². The van der Waals surface area contributed by atoms with Gasteiger partial charge in [-0.15, -0.1) is 0 Å². The van der Waals surface area contributed by atoms with Gasteiger partial charge in [0.15, 0.2) is 5.96 Å². The van der Waals surface area contributed by atoms with Crippen molar-refractivity contribution in [1.82, 2.24) is 10.6 Å². The largest absolute Gasteiger partial charge is 0.382 e. The number of guanidine groups is 1. The van der Waals surface area contributed by atoms with E-state index in [4.69, 9.17) is 9.47 Å². The summed E-state index contributed by atoms with van der Waals surface area (Å²) in [5.41, 5.74) is 0. The van der Waals surface area contributed by atoms with Gasteiger partial charge in [-0.25, -0.2) is 0 Å². The Morgan fingerprint density at radius 1 is 1.00 bits per heavy atom. The van der Waals surface area contributed by atoms with Crippen molar-refractivity contribution < 1.29 is 9.47 Å². The van der Waals surface area contributed by atoms with E-state index in [2.05, 4.69) is 22.5 Å². The molecule has 102 valence electrons. The third-order valence-electron chi connectivity index (χ3n) is 2.01. The molecule has 0 unspecified atom stereocenters. The number of nitrogens with zero attached hydrogens (tertiary/aromatic N) is 1. The van der Waals surface area contributed by atoms with E-state index in [1.165, 1.54) is 0 Å². The van der Waals surface area contributed by atoms with E-state index in [9.17, 15) is 0 Å². The van der Waals surface area contributed by atoms with Crippen LogP contribution in [0.2, 0.25) is 0 Å². The zero-order chi connectivity index (χ0) is 12.8. The number of rotatable bonds is 10. The molecule has 0 spiro atoms. The fourth-order valence-corrected chi connectivity index (χ4v) is 1.23. The molecule has 0 saturated carbocycles. The fourth-order valence-electron chi connectivity index (χ4n) is 1.23. The number of hydrogen-bond acceptors (Lipinski definition) is 3. The first-order valence-corrected chi connectivity index (χ1v) is 6.52. The molecule has 0 amide bonds. The molecule has 0 radical (unpaired) electrons. The van der Waals surface area contributed by atoms with Crippen molar-refractivity contribution in [2.75, 3.05) is 46.1 Å². The lowest BCUT2D eigenvalue weighted by atomic mass is 10.4. The molecule has 0 aliphatic carbocycles. The van der Waals surface area contributed by atoms with Gasteiger partial charge >= 0.3 is 0 Å². The maximum atomic E-state index is 5.26. The van der Waals surface area contributed by atoms with Gasteiger partial charge in [0.05, 0.1) is 6.61 Å². The summed E-state index contributed by atoms with van der Waals surface area (Å²) in [6.45, 7) is 11.5. The fraction of sp³-hybridized carbons (Fsp3) is 0.917. The first-order valence-electron chi connectivity index (χ1n) is 6.52. The van der Waals surface area contributed by atoms with Gasteiger partial charge in [0, 0.05) is 39.5 Å². The molecule has 0 saturated heterocycles. The van der Waals surface area contributed by atoms with Gasteiger partial charge in [0.2, 0.25) is 0 Å². The second-order valence-corrected chi connectivity index (χ2v) is 3.43. The number of nitrogens with one attached hydrogen (secondary N) is 2. The molecule has 0 aromatic carbocycles. The molecule has 5 heteroatoms. The Kier molecular flexibility index (Phi) is 12.6. The zero-order valence-corrected chi connectivity index (χ0v) is 11.4. The Labute approximate surface area is 105 Å². The van der Waals surface area contributed by atoms with Crippen LogP contribution in [0.1, 0.15) is 27.2 Å². The molecule has 0 atom stereocenters. The summed E-state index contributed by atoms with van der Waals surface area (Å²) in [6.07, 6.45) is 0.954. The predicted octanol–water partition coefficient (Wildman–Crippen LogP) is 1.00. The highest BCUT2D eigenvalue weighted by Crippen LogP contribution is 1.84. The van der Waals surface area contributed by atoms with Crippen LogP contribution in [0.25, 0.3) is 0 Å². The summed E-state index contributed by atoms with van der Waals surface area (Å²) in [6, 6.07) is 0. The molecule has 0 fully saturated rings. The minimum Gasteiger partial charge on any atom is -0.382 e. The van der Waals surface area contributed by atoms with Gasteiger partial charge in [0.1, 0.15) is 0 Å². The molecule has 0 aromatic rings. The Morgan fingerprint density at radius 2 is 1.71 bits per heavy atom. The topological polar surface area (TPSA) is 54.9 Å². The second-order valence-electron chi connectivity index (χ2n) is 3.43. The molecular formula is C12H27N3O2. The van der Waals surface area contributed by atoms with Crippen LogP contribution in [0, 0.1) is 0 Å². The van der Waals surface area contributed by atoms with Crippen molar-refractivity contribution in [2.24, 2.45) is 4.99 Å². The van der Waals surface area contributed by atoms with Crippen LogP contribution < -0.4 is 10.6 Å². The molecule has 0 bridgehead atoms. The monoisotopic (exact) mass is 245 g/mol. The van der Waals surface area contributed by atoms with Crippen molar-refractivity contribution in [1.29, 1.82) is 0 Å². The van der Waals surface area contributed by atoms with Gasteiger partial charge in [0.25, 0.3) is 0 Å². The molecule has 5 nitrogen and oxygen atoms in total. The summed E-state index contributed by atoms with van der Waals surface area (Å²) in [4.78, 5) is 4.44. The Bertz CT molecular complexity index is 187. The maximum Gasteiger partial charge on any atom is 0.191 e. The van der Waals surface area contributed by atoms with Crippen LogP contribution in [0.15, 0.2) is 4.99 Å². The highest BCUT2D eigenvalue weighted by Gasteiger charge is 1.95. The van der Waals surface area contributed by atoms with Crippen molar-refractivity contribution in [3.8, 4) is 0 Å². The average Bonchev–Trinajstić information content (AvgIpc) is 2.34. The number of ether oxygens (including phenoxy) is 2. The van der Waals surface area contributed by atoms with Crippen molar-refractivity contribution in [3.05, 3.63) is 0 Å². The molecule has 0 aliphatic heterocycles. The highest BCUT2D eigenvalue weighted by atomic mass is 16.5. The highest BCUT2D eigenvalue weighted by molar-refractivity contribution is 5.79. The van der Waals surface area contributed by atoms with E-state index in [-0.39, 0.29) is 0 Å². The van der Waals surface area contributed by atoms with E-state index in [0.717, 1.165) is 51.8 Å². The normalized spacial score (nSPS) is 11.6. The molecule has 17 heavy (non-hydrogen) atoms. The van der Waals surface area contributed by atoms with Gasteiger partial charge in [-0.3, -0.25) is 4.99 Å². The van der Waals surface area contributed by atoms with Crippen LogP contribution in [-0.4, -0.2) is 52.0 Å². The Balaban J connectivity index is 3.66. The van der Waals surface area contributed by atoms with Crippen LogP contribution in [0.4, 0.5) is 0 Å². The average molecular weight is 245 g/mol. The van der Waals surface area contributed by atoms with Gasteiger partial charge in [-0.1, -0.05) is 0 Å². The summed E-state index contributed by atoms with van der Waals surface area (Å²) >= 11 is 0. The van der Waals surface area contributed by atoms with E-state index in [0.29, 0.717) is 6.61 Å². The van der Waals surface area contributed by atoms with Crippen LogP contribution >= 0.6 is 0 Å². The van der Waals surface area contributed by atoms with Crippen molar-refractivity contribution >= 4 is 5.96 Å². The van der Waals surface area contributed by atoms with Crippen molar-refractivity contribution in [2.45, 2.75) is 27.2 Å². The van der Waals surface area contributed by atoms with Crippen LogP contribution in [0.3, 0.4) is 0 Å². The lowest BCUT2D eigenvalue weighted by molar-refractivity contribution is 0.146. The first kappa shape index (κ1) is 16.2. The van der Waals surface area contributed by atoms with E-state index in [1.54, 1.807) is 0 Å². The summed E-state index contributed by atoms with van der Waals surface area (Å²) in [7, 11) is 0. The molecule has 0 aromatic heterocycles. The number of hydrogen-bond donors (Lipinski definition) is 2. The smallest absolute Gasteiger partial charge is 0.191 e. The third-order valence-corrected chi connectivity index (χ3v) is 2.01. The van der Waals surface area contributed by atoms with E-state index >= 15 is 0 Å². The van der Waals surface area contributed by atoms with Gasteiger partial charge in [-0.05, 0) is 27.2 Å². The predicted molar refractivity (Wildman–Crippen MR) is 71.6 cm³/mol. The minimum atomic E-state index is 0.708. The summed E-state index contributed by atoms with van der Waals surface area (Å²) in [5.74, 6) is 0.851. The van der Waals surface area contributed by atoms with E-state index in [1.807, 2.05) is 13.8 Å². The number of aliphatic imine (C=N–C) groups is 1. The Morgan fingerprint density at radius 3 is 2.35 bits per heavy atom. The van der Waals surface area contributed by atoms with Crippen LogP contribution in [-0.2, 0) is 9.47 Å². The standard InChI is InChI=1S/C12H27N3O2/c1-4-13-12(15-9-11-17-6-3)14-8-7-10-16-5-2/h4-11H2,1-3H3,(H2,13,14,15). The summed E-state index contributed by atoms with van der Waals surface area (Å²) in [5, 5.41) is 6.41. The molecule has 0 aliphatic rings. The second kappa shape index (κ2) is 13.3. The summed E-state index contributed by atoms with van der Waals surface area (Å²) < 4.78 is 10.5. The molecule has 2 N–H and O–H groups in total. The quantitative estimate of drug-likeness (QED) is 0.342. The first-order chi connectivity index (χ1) is 8.35. The molecular weight excluding hydrogens is 218 g/mol. The molecule has 0 heterocycles. The SMILES string of the molecule is CCNC(=NCCCOCC)NCCOCC. The van der Waals surface area contributed by atoms with Gasteiger partial charge < -0.3 is 20.1 Å². The Hall–Kier alpha value is -0.810. The van der Waals surface area contributed by atoms with Gasteiger partial charge in [-0.2, -0.15) is 0 Å². The minimum absolute atomic E-state index is 0.708. The molecule has 0 rings (SSSR count). The lowest BCUT2D eigenvalue weighted by Gasteiger charge is -2.11. The van der Waals surface area contributed by atoms with Crippen molar-refractivity contribution in [3.63, 3.8) is 0 Å². The third kappa shape index (κ3) is 11.5. The maximum absolute atomic E-state index is 5.26. The lowest BCUT2D eigenvalue weighted by Crippen LogP contribution is -2.39. The zero-order valence-electron chi connectivity index (χ0n) is 11.4.